The molecule has 16 heavy (non-hydrogen) atoms. The zero-order chi connectivity index (χ0) is 11.8. The molecule has 0 aromatic carbocycles. The molecule has 2 N–H and O–H groups in total. The summed E-state index contributed by atoms with van der Waals surface area (Å²) in [6.07, 6.45) is 6.77. The van der Waals surface area contributed by atoms with Gasteiger partial charge in [-0.2, -0.15) is 0 Å². The third-order valence-electron chi connectivity index (χ3n) is 3.71. The minimum Gasteiger partial charge on any atom is -0.316 e. The quantitative estimate of drug-likeness (QED) is 0.560. The van der Waals surface area contributed by atoms with Crippen LogP contribution in [0.25, 0.3) is 0 Å². The molecule has 0 aliphatic heterocycles. The third-order valence-corrected chi connectivity index (χ3v) is 3.71. The van der Waals surface area contributed by atoms with Gasteiger partial charge in [-0.15, -0.1) is 0 Å². The van der Waals surface area contributed by atoms with Gasteiger partial charge in [0.1, 0.15) is 0 Å². The molecular weight excluding hydrogens is 196 g/mol. The first-order valence-corrected chi connectivity index (χ1v) is 7.18. The van der Waals surface area contributed by atoms with Gasteiger partial charge in [-0.1, -0.05) is 20.8 Å². The molecule has 0 spiro atoms. The topological polar surface area (TPSA) is 24.1 Å². The zero-order valence-corrected chi connectivity index (χ0v) is 11.4. The smallest absolute Gasteiger partial charge is 0.00682 e. The lowest BCUT2D eigenvalue weighted by Crippen LogP contribution is -2.26. The minimum atomic E-state index is 0.812. The van der Waals surface area contributed by atoms with Crippen molar-refractivity contribution in [3.8, 4) is 0 Å². The SMILES string of the molecule is CCCNCC(C)C(C)CCCNC1CC1. The zero-order valence-electron chi connectivity index (χ0n) is 11.4. The van der Waals surface area contributed by atoms with Crippen LogP contribution >= 0.6 is 0 Å². The third kappa shape index (κ3) is 6.49. The van der Waals surface area contributed by atoms with E-state index in [0.717, 1.165) is 17.9 Å². The average molecular weight is 226 g/mol. The summed E-state index contributed by atoms with van der Waals surface area (Å²) in [6, 6.07) is 0.874. The first-order valence-electron chi connectivity index (χ1n) is 7.18. The number of rotatable bonds is 10. The van der Waals surface area contributed by atoms with Crippen LogP contribution in [0.3, 0.4) is 0 Å². The number of hydrogen-bond acceptors (Lipinski definition) is 2. The second kappa shape index (κ2) is 8.08. The molecule has 1 fully saturated rings. The first kappa shape index (κ1) is 14.0. The summed E-state index contributed by atoms with van der Waals surface area (Å²) in [5.74, 6) is 1.66. The van der Waals surface area contributed by atoms with Gasteiger partial charge in [0, 0.05) is 6.04 Å². The maximum atomic E-state index is 3.59. The van der Waals surface area contributed by atoms with Gasteiger partial charge in [-0.3, -0.25) is 0 Å². The van der Waals surface area contributed by atoms with E-state index >= 15 is 0 Å². The van der Waals surface area contributed by atoms with Crippen molar-refractivity contribution < 1.29 is 0 Å². The molecule has 1 aliphatic rings. The lowest BCUT2D eigenvalue weighted by Gasteiger charge is -2.20. The summed E-state index contributed by atoms with van der Waals surface area (Å²) < 4.78 is 0. The Hall–Kier alpha value is -0.0800. The van der Waals surface area contributed by atoms with Crippen molar-refractivity contribution in [1.82, 2.24) is 10.6 Å². The van der Waals surface area contributed by atoms with E-state index in [1.165, 1.54) is 51.7 Å². The van der Waals surface area contributed by atoms with Crippen LogP contribution in [-0.4, -0.2) is 25.7 Å². The van der Waals surface area contributed by atoms with Crippen molar-refractivity contribution in [2.24, 2.45) is 11.8 Å². The van der Waals surface area contributed by atoms with E-state index in [4.69, 9.17) is 0 Å². The second-order valence-electron chi connectivity index (χ2n) is 5.53. The van der Waals surface area contributed by atoms with E-state index in [0.29, 0.717) is 0 Å². The first-order chi connectivity index (χ1) is 7.74. The molecule has 0 amide bonds. The summed E-state index contributed by atoms with van der Waals surface area (Å²) >= 11 is 0. The fourth-order valence-corrected chi connectivity index (χ4v) is 2.01. The summed E-state index contributed by atoms with van der Waals surface area (Å²) in [5, 5.41) is 7.11. The molecule has 1 aliphatic carbocycles. The molecule has 0 bridgehead atoms. The molecule has 1 rings (SSSR count). The Kier molecular flexibility index (Phi) is 7.06. The summed E-state index contributed by atoms with van der Waals surface area (Å²) in [6.45, 7) is 10.6. The van der Waals surface area contributed by atoms with Gasteiger partial charge in [-0.25, -0.2) is 0 Å². The Morgan fingerprint density at radius 3 is 2.50 bits per heavy atom. The number of nitrogens with one attached hydrogen (secondary N) is 2. The van der Waals surface area contributed by atoms with Crippen molar-refractivity contribution in [3.63, 3.8) is 0 Å². The predicted molar refractivity (Wildman–Crippen MR) is 71.7 cm³/mol. The van der Waals surface area contributed by atoms with Gasteiger partial charge in [0.2, 0.25) is 0 Å². The molecule has 0 aromatic heterocycles. The van der Waals surface area contributed by atoms with E-state index in [1.54, 1.807) is 0 Å². The minimum absolute atomic E-state index is 0.812. The monoisotopic (exact) mass is 226 g/mol. The molecular formula is C14H30N2. The van der Waals surface area contributed by atoms with Gasteiger partial charge in [0.15, 0.2) is 0 Å². The molecule has 0 saturated heterocycles. The molecule has 0 radical (unpaired) electrons. The Morgan fingerprint density at radius 2 is 1.88 bits per heavy atom. The fraction of sp³-hybridized carbons (Fsp3) is 1.00. The molecule has 2 atom stereocenters. The normalized spacial score (nSPS) is 19.7. The highest BCUT2D eigenvalue weighted by Crippen LogP contribution is 2.19. The van der Waals surface area contributed by atoms with Crippen molar-refractivity contribution in [2.75, 3.05) is 19.6 Å². The largest absolute Gasteiger partial charge is 0.316 e. The van der Waals surface area contributed by atoms with Crippen molar-refractivity contribution in [1.29, 1.82) is 0 Å². The van der Waals surface area contributed by atoms with Gasteiger partial charge in [0.25, 0.3) is 0 Å². The van der Waals surface area contributed by atoms with Crippen LogP contribution in [0.4, 0.5) is 0 Å². The van der Waals surface area contributed by atoms with E-state index in [9.17, 15) is 0 Å². The highest BCUT2D eigenvalue weighted by atomic mass is 14.9. The van der Waals surface area contributed by atoms with Crippen LogP contribution in [0, 0.1) is 11.8 Å². The second-order valence-corrected chi connectivity index (χ2v) is 5.53. The Morgan fingerprint density at radius 1 is 1.12 bits per heavy atom. The molecule has 2 heteroatoms. The lowest BCUT2D eigenvalue weighted by molar-refractivity contribution is 0.338. The van der Waals surface area contributed by atoms with Crippen LogP contribution in [0.1, 0.15) is 52.9 Å². The van der Waals surface area contributed by atoms with E-state index in [2.05, 4.69) is 31.4 Å². The predicted octanol–water partition coefficient (Wildman–Crippen LogP) is 2.79. The molecule has 2 unspecified atom stereocenters. The average Bonchev–Trinajstić information content (AvgIpc) is 3.08. The molecule has 96 valence electrons. The van der Waals surface area contributed by atoms with Crippen LogP contribution in [0.15, 0.2) is 0 Å². The summed E-state index contributed by atoms with van der Waals surface area (Å²) in [7, 11) is 0. The summed E-state index contributed by atoms with van der Waals surface area (Å²) in [4.78, 5) is 0. The molecule has 2 nitrogen and oxygen atoms in total. The fourth-order valence-electron chi connectivity index (χ4n) is 2.01. The Labute approximate surface area is 102 Å². The highest BCUT2D eigenvalue weighted by molar-refractivity contribution is 4.80. The van der Waals surface area contributed by atoms with E-state index in [-0.39, 0.29) is 0 Å². The molecule has 1 saturated carbocycles. The Bertz CT molecular complexity index is 166. The lowest BCUT2D eigenvalue weighted by atomic mass is 9.91. The van der Waals surface area contributed by atoms with Crippen LogP contribution in [-0.2, 0) is 0 Å². The Balaban J connectivity index is 1.92. The maximum absolute atomic E-state index is 3.59. The van der Waals surface area contributed by atoms with Gasteiger partial charge in [-0.05, 0) is 63.6 Å². The van der Waals surface area contributed by atoms with Crippen molar-refractivity contribution >= 4 is 0 Å². The van der Waals surface area contributed by atoms with Crippen LogP contribution in [0.5, 0.6) is 0 Å². The van der Waals surface area contributed by atoms with E-state index in [1.807, 2.05) is 0 Å². The van der Waals surface area contributed by atoms with Gasteiger partial charge >= 0.3 is 0 Å². The molecule has 0 aromatic rings. The highest BCUT2D eigenvalue weighted by Gasteiger charge is 2.19. The number of hydrogen-bond donors (Lipinski definition) is 2. The molecule has 0 heterocycles. The van der Waals surface area contributed by atoms with Crippen LogP contribution in [0.2, 0.25) is 0 Å². The standard InChI is InChI=1S/C14H30N2/c1-4-9-15-11-13(3)12(2)6-5-10-16-14-7-8-14/h12-16H,4-11H2,1-3H3. The van der Waals surface area contributed by atoms with E-state index < -0.39 is 0 Å². The van der Waals surface area contributed by atoms with Crippen molar-refractivity contribution in [3.05, 3.63) is 0 Å². The van der Waals surface area contributed by atoms with Gasteiger partial charge < -0.3 is 10.6 Å². The van der Waals surface area contributed by atoms with Crippen LogP contribution < -0.4 is 10.6 Å². The summed E-state index contributed by atoms with van der Waals surface area (Å²) in [5.41, 5.74) is 0. The maximum Gasteiger partial charge on any atom is 0.00682 e. The van der Waals surface area contributed by atoms with Crippen molar-refractivity contribution in [2.45, 2.75) is 58.9 Å². The van der Waals surface area contributed by atoms with Gasteiger partial charge in [0.05, 0.1) is 0 Å².